The van der Waals surface area contributed by atoms with Crippen LogP contribution in [0.25, 0.3) is 0 Å². The first-order valence-corrected chi connectivity index (χ1v) is 8.14. The molecule has 104 valence electrons. The van der Waals surface area contributed by atoms with Crippen LogP contribution in [0.4, 0.5) is 0 Å². The molecule has 0 aliphatic rings. The van der Waals surface area contributed by atoms with Gasteiger partial charge in [-0.2, -0.15) is 12.7 Å². The fourth-order valence-corrected chi connectivity index (χ4v) is 2.49. The van der Waals surface area contributed by atoms with Crippen molar-refractivity contribution in [2.24, 2.45) is 0 Å². The molecular weight excluding hydrogens is 238 g/mol. The van der Waals surface area contributed by atoms with E-state index in [1.54, 1.807) is 0 Å². The molecule has 1 N–H and O–H groups in total. The fourth-order valence-electron chi connectivity index (χ4n) is 1.77. The summed E-state index contributed by atoms with van der Waals surface area (Å²) >= 11 is 0. The van der Waals surface area contributed by atoms with E-state index in [2.05, 4.69) is 13.8 Å². The third-order valence-corrected chi connectivity index (χ3v) is 3.87. The van der Waals surface area contributed by atoms with Crippen LogP contribution in [0.1, 0.15) is 65.2 Å². The minimum atomic E-state index is -4.01. The number of nitrogens with zero attached hydrogens (tertiary/aromatic N) is 1. The summed E-state index contributed by atoms with van der Waals surface area (Å²) < 4.78 is 32.6. The monoisotopic (exact) mass is 265 g/mol. The van der Waals surface area contributed by atoms with E-state index >= 15 is 0 Å². The Morgan fingerprint density at radius 3 is 1.53 bits per heavy atom. The number of hydrogen-bond acceptors (Lipinski definition) is 2. The van der Waals surface area contributed by atoms with Crippen LogP contribution < -0.4 is 0 Å². The smallest absolute Gasteiger partial charge is 0.273 e. The highest BCUT2D eigenvalue weighted by Crippen LogP contribution is 2.08. The highest BCUT2D eigenvalue weighted by atomic mass is 32.2. The summed E-state index contributed by atoms with van der Waals surface area (Å²) in [6.45, 7) is 5.13. The Morgan fingerprint density at radius 1 is 0.824 bits per heavy atom. The quantitative estimate of drug-likeness (QED) is 0.461. The molecule has 0 aliphatic carbocycles. The fraction of sp³-hybridized carbons (Fsp3) is 1.00. The van der Waals surface area contributed by atoms with Crippen LogP contribution in [-0.2, 0) is 10.3 Å². The summed E-state index contributed by atoms with van der Waals surface area (Å²) in [5.41, 5.74) is 0. The van der Waals surface area contributed by atoms with E-state index in [0.717, 1.165) is 51.4 Å². The molecule has 0 bridgehead atoms. The second-order valence-electron chi connectivity index (χ2n) is 4.50. The third kappa shape index (κ3) is 9.56. The summed E-state index contributed by atoms with van der Waals surface area (Å²) in [5.74, 6) is 0. The van der Waals surface area contributed by atoms with E-state index in [9.17, 15) is 8.42 Å². The second-order valence-corrected chi connectivity index (χ2v) is 5.91. The highest BCUT2D eigenvalue weighted by Gasteiger charge is 2.17. The predicted octanol–water partition coefficient (Wildman–Crippen LogP) is 3.25. The molecule has 0 fully saturated rings. The van der Waals surface area contributed by atoms with Crippen LogP contribution in [-0.4, -0.2) is 30.4 Å². The van der Waals surface area contributed by atoms with Gasteiger partial charge in [-0.1, -0.05) is 52.4 Å². The zero-order valence-electron chi connectivity index (χ0n) is 11.2. The van der Waals surface area contributed by atoms with E-state index in [4.69, 9.17) is 4.55 Å². The summed E-state index contributed by atoms with van der Waals surface area (Å²) in [4.78, 5) is 0. The first-order valence-electron chi connectivity index (χ1n) is 6.75. The van der Waals surface area contributed by atoms with Crippen LogP contribution in [0, 0.1) is 0 Å². The predicted molar refractivity (Wildman–Crippen MR) is 71.4 cm³/mol. The molecule has 0 heterocycles. The van der Waals surface area contributed by atoms with E-state index in [-0.39, 0.29) is 0 Å². The minimum absolute atomic E-state index is 0.449. The van der Waals surface area contributed by atoms with Crippen molar-refractivity contribution in [1.82, 2.24) is 4.31 Å². The number of rotatable bonds is 11. The lowest BCUT2D eigenvalue weighted by molar-refractivity contribution is 0.337. The summed E-state index contributed by atoms with van der Waals surface area (Å²) in [7, 11) is -4.01. The van der Waals surface area contributed by atoms with Gasteiger partial charge in [0.15, 0.2) is 0 Å². The second kappa shape index (κ2) is 9.85. The first kappa shape index (κ1) is 16.9. The van der Waals surface area contributed by atoms with Crippen LogP contribution in [0.3, 0.4) is 0 Å². The topological polar surface area (TPSA) is 57.6 Å². The molecule has 0 aromatic carbocycles. The molecule has 0 saturated carbocycles. The standard InChI is InChI=1S/C12H27NO3S/c1-3-5-7-9-11-13(17(14,15)16)12-10-8-6-4-2/h3-12H2,1-2H3,(H,14,15,16). The van der Waals surface area contributed by atoms with Crippen molar-refractivity contribution >= 4 is 10.3 Å². The van der Waals surface area contributed by atoms with Crippen molar-refractivity contribution in [3.05, 3.63) is 0 Å². The molecule has 0 unspecified atom stereocenters. The van der Waals surface area contributed by atoms with Gasteiger partial charge in [0, 0.05) is 13.1 Å². The molecule has 0 aliphatic heterocycles. The normalized spacial score (nSPS) is 12.2. The summed E-state index contributed by atoms with van der Waals surface area (Å²) in [6.07, 6.45) is 8.22. The Balaban J connectivity index is 3.90. The van der Waals surface area contributed by atoms with Gasteiger partial charge < -0.3 is 0 Å². The molecule has 0 aromatic rings. The molecule has 0 rings (SSSR count). The van der Waals surface area contributed by atoms with E-state index in [1.165, 1.54) is 4.31 Å². The Labute approximate surface area is 106 Å². The molecule has 17 heavy (non-hydrogen) atoms. The SMILES string of the molecule is CCCCCCN(CCCCCC)S(=O)(=O)O. The molecular formula is C12H27NO3S. The average molecular weight is 265 g/mol. The van der Waals surface area contributed by atoms with Gasteiger partial charge in [0.2, 0.25) is 0 Å². The maximum Gasteiger partial charge on any atom is 0.335 e. The molecule has 0 saturated heterocycles. The molecule has 0 spiro atoms. The Kier molecular flexibility index (Phi) is 9.78. The Morgan fingerprint density at radius 2 is 1.24 bits per heavy atom. The van der Waals surface area contributed by atoms with E-state index in [0.29, 0.717) is 13.1 Å². The highest BCUT2D eigenvalue weighted by molar-refractivity contribution is 7.83. The summed E-state index contributed by atoms with van der Waals surface area (Å²) in [6, 6.07) is 0. The minimum Gasteiger partial charge on any atom is -0.273 e. The number of unbranched alkanes of at least 4 members (excludes halogenated alkanes) is 6. The van der Waals surface area contributed by atoms with E-state index in [1.807, 2.05) is 0 Å². The number of hydrogen-bond donors (Lipinski definition) is 1. The zero-order chi connectivity index (χ0) is 13.1. The lowest BCUT2D eigenvalue weighted by Crippen LogP contribution is -2.32. The van der Waals surface area contributed by atoms with Gasteiger partial charge >= 0.3 is 10.3 Å². The van der Waals surface area contributed by atoms with Crippen LogP contribution in [0.2, 0.25) is 0 Å². The van der Waals surface area contributed by atoms with Crippen molar-refractivity contribution in [3.8, 4) is 0 Å². The first-order chi connectivity index (χ1) is 8.02. The molecule has 0 atom stereocenters. The van der Waals surface area contributed by atoms with Crippen molar-refractivity contribution in [1.29, 1.82) is 0 Å². The Bertz CT molecular complexity index is 253. The summed E-state index contributed by atoms with van der Waals surface area (Å²) in [5, 5.41) is 0. The van der Waals surface area contributed by atoms with Gasteiger partial charge in [0.05, 0.1) is 0 Å². The van der Waals surface area contributed by atoms with Crippen molar-refractivity contribution < 1.29 is 13.0 Å². The molecule has 0 amide bonds. The maximum atomic E-state index is 11.1. The molecule has 5 heteroatoms. The lowest BCUT2D eigenvalue weighted by Gasteiger charge is -2.18. The van der Waals surface area contributed by atoms with Gasteiger partial charge in [-0.05, 0) is 12.8 Å². The van der Waals surface area contributed by atoms with Gasteiger partial charge in [-0.25, -0.2) is 0 Å². The van der Waals surface area contributed by atoms with E-state index < -0.39 is 10.3 Å². The van der Waals surface area contributed by atoms with Crippen LogP contribution in [0.15, 0.2) is 0 Å². The molecule has 0 aromatic heterocycles. The third-order valence-electron chi connectivity index (χ3n) is 2.85. The van der Waals surface area contributed by atoms with Crippen molar-refractivity contribution in [2.75, 3.05) is 13.1 Å². The van der Waals surface area contributed by atoms with Crippen LogP contribution >= 0.6 is 0 Å². The average Bonchev–Trinajstić information content (AvgIpc) is 2.25. The van der Waals surface area contributed by atoms with Gasteiger partial charge in [0.1, 0.15) is 0 Å². The van der Waals surface area contributed by atoms with Gasteiger partial charge in [-0.3, -0.25) is 4.55 Å². The zero-order valence-corrected chi connectivity index (χ0v) is 12.0. The largest absolute Gasteiger partial charge is 0.335 e. The molecule has 4 nitrogen and oxygen atoms in total. The lowest BCUT2D eigenvalue weighted by atomic mass is 10.2. The Hall–Kier alpha value is -0.130. The molecule has 0 radical (unpaired) electrons. The van der Waals surface area contributed by atoms with Gasteiger partial charge in [0.25, 0.3) is 0 Å². The van der Waals surface area contributed by atoms with Gasteiger partial charge in [-0.15, -0.1) is 0 Å². The van der Waals surface area contributed by atoms with Crippen LogP contribution in [0.5, 0.6) is 0 Å². The maximum absolute atomic E-state index is 11.1. The van der Waals surface area contributed by atoms with Crippen molar-refractivity contribution in [2.45, 2.75) is 65.2 Å². The van der Waals surface area contributed by atoms with Crippen molar-refractivity contribution in [3.63, 3.8) is 0 Å².